The molecular weight excluding hydrogens is 366 g/mol. The molecule has 2 aromatic carbocycles. The SMILES string of the molecule is COc1cc(CCNC(=S)Nc2cc(C)cc(C)c2)c([N+](=O)[O-])cc1OC. The lowest BCUT2D eigenvalue weighted by molar-refractivity contribution is -0.385. The van der Waals surface area contributed by atoms with Gasteiger partial charge in [-0.3, -0.25) is 10.1 Å². The summed E-state index contributed by atoms with van der Waals surface area (Å²) in [6.45, 7) is 4.47. The van der Waals surface area contributed by atoms with Crippen molar-refractivity contribution in [2.24, 2.45) is 0 Å². The Morgan fingerprint density at radius 2 is 1.67 bits per heavy atom. The number of nitro benzene ring substituents is 1. The maximum atomic E-state index is 11.3. The van der Waals surface area contributed by atoms with Gasteiger partial charge >= 0.3 is 0 Å². The van der Waals surface area contributed by atoms with Crippen LogP contribution in [-0.4, -0.2) is 30.8 Å². The highest BCUT2D eigenvalue weighted by Gasteiger charge is 2.19. The Balaban J connectivity index is 2.03. The van der Waals surface area contributed by atoms with Crippen LogP contribution >= 0.6 is 12.2 Å². The van der Waals surface area contributed by atoms with Crippen molar-refractivity contribution in [3.05, 3.63) is 57.1 Å². The van der Waals surface area contributed by atoms with Crippen molar-refractivity contribution < 1.29 is 14.4 Å². The van der Waals surface area contributed by atoms with Gasteiger partial charge in [-0.2, -0.15) is 0 Å². The van der Waals surface area contributed by atoms with E-state index in [0.717, 1.165) is 16.8 Å². The van der Waals surface area contributed by atoms with E-state index in [1.165, 1.54) is 20.3 Å². The number of nitrogens with one attached hydrogen (secondary N) is 2. The van der Waals surface area contributed by atoms with Crippen LogP contribution in [0.4, 0.5) is 11.4 Å². The molecule has 144 valence electrons. The van der Waals surface area contributed by atoms with Crippen molar-refractivity contribution in [3.8, 4) is 11.5 Å². The number of thiocarbonyl (C=S) groups is 1. The van der Waals surface area contributed by atoms with Crippen LogP contribution in [0.2, 0.25) is 0 Å². The Labute approximate surface area is 163 Å². The molecule has 27 heavy (non-hydrogen) atoms. The van der Waals surface area contributed by atoms with Gasteiger partial charge in [0.25, 0.3) is 5.69 Å². The Morgan fingerprint density at radius 3 is 2.22 bits per heavy atom. The highest BCUT2D eigenvalue weighted by Crippen LogP contribution is 2.34. The maximum Gasteiger partial charge on any atom is 0.276 e. The van der Waals surface area contributed by atoms with Gasteiger partial charge in [0.2, 0.25) is 0 Å². The topological polar surface area (TPSA) is 85.7 Å². The molecule has 0 fully saturated rings. The highest BCUT2D eigenvalue weighted by atomic mass is 32.1. The molecule has 0 heterocycles. The van der Waals surface area contributed by atoms with E-state index in [4.69, 9.17) is 21.7 Å². The quantitative estimate of drug-likeness (QED) is 0.424. The van der Waals surface area contributed by atoms with E-state index in [1.807, 2.05) is 26.0 Å². The van der Waals surface area contributed by atoms with E-state index >= 15 is 0 Å². The molecule has 0 aliphatic rings. The first-order chi connectivity index (χ1) is 12.8. The second-order valence-corrected chi connectivity index (χ2v) is 6.51. The van der Waals surface area contributed by atoms with E-state index in [2.05, 4.69) is 16.7 Å². The van der Waals surface area contributed by atoms with E-state index < -0.39 is 4.92 Å². The molecule has 0 saturated heterocycles. The molecule has 0 atom stereocenters. The predicted octanol–water partition coefficient (Wildman–Crippen LogP) is 3.76. The summed E-state index contributed by atoms with van der Waals surface area (Å²) >= 11 is 5.31. The van der Waals surface area contributed by atoms with Crippen LogP contribution in [0, 0.1) is 24.0 Å². The summed E-state index contributed by atoms with van der Waals surface area (Å²) in [6, 6.07) is 9.08. The average molecular weight is 389 g/mol. The van der Waals surface area contributed by atoms with Crippen LogP contribution < -0.4 is 20.1 Å². The van der Waals surface area contributed by atoms with E-state index in [9.17, 15) is 10.1 Å². The summed E-state index contributed by atoms with van der Waals surface area (Å²) in [6.07, 6.45) is 0.408. The second-order valence-electron chi connectivity index (χ2n) is 6.10. The number of ether oxygens (including phenoxy) is 2. The lowest BCUT2D eigenvalue weighted by Gasteiger charge is -2.13. The maximum absolute atomic E-state index is 11.3. The zero-order valence-electron chi connectivity index (χ0n) is 15.8. The average Bonchev–Trinajstić information content (AvgIpc) is 2.59. The number of benzene rings is 2. The van der Waals surface area contributed by atoms with Crippen LogP contribution in [0.25, 0.3) is 0 Å². The van der Waals surface area contributed by atoms with Crippen molar-refractivity contribution in [2.45, 2.75) is 20.3 Å². The van der Waals surface area contributed by atoms with Gasteiger partial charge < -0.3 is 20.1 Å². The van der Waals surface area contributed by atoms with Crippen molar-refractivity contribution >= 4 is 28.7 Å². The second kappa shape index (κ2) is 9.18. The van der Waals surface area contributed by atoms with Crippen molar-refractivity contribution in [2.75, 3.05) is 26.1 Å². The van der Waals surface area contributed by atoms with E-state index in [1.54, 1.807) is 6.07 Å². The summed E-state index contributed by atoms with van der Waals surface area (Å²) < 4.78 is 10.4. The lowest BCUT2D eigenvalue weighted by Crippen LogP contribution is -2.30. The number of hydrogen-bond donors (Lipinski definition) is 2. The van der Waals surface area contributed by atoms with Gasteiger partial charge in [0, 0.05) is 17.8 Å². The fraction of sp³-hybridized carbons (Fsp3) is 0.316. The largest absolute Gasteiger partial charge is 0.493 e. The molecule has 0 aromatic heterocycles. The molecule has 0 bridgehead atoms. The van der Waals surface area contributed by atoms with E-state index in [0.29, 0.717) is 35.1 Å². The number of methoxy groups -OCH3 is 2. The van der Waals surface area contributed by atoms with Gasteiger partial charge in [0.05, 0.1) is 25.2 Å². The molecule has 0 spiro atoms. The Kier molecular flexibility index (Phi) is 6.95. The third-order valence-electron chi connectivity index (χ3n) is 3.94. The summed E-state index contributed by atoms with van der Waals surface area (Å²) in [5.41, 5.74) is 3.71. The minimum atomic E-state index is -0.427. The summed E-state index contributed by atoms with van der Waals surface area (Å²) in [5, 5.41) is 18.0. The third kappa shape index (κ3) is 5.55. The van der Waals surface area contributed by atoms with Crippen LogP contribution in [0.5, 0.6) is 11.5 Å². The number of nitrogens with zero attached hydrogens (tertiary/aromatic N) is 1. The molecular formula is C19H23N3O4S. The monoisotopic (exact) mass is 389 g/mol. The van der Waals surface area contributed by atoms with Gasteiger partial charge in [-0.15, -0.1) is 0 Å². The lowest BCUT2D eigenvalue weighted by atomic mass is 10.1. The van der Waals surface area contributed by atoms with Crippen molar-refractivity contribution in [1.82, 2.24) is 5.32 Å². The molecule has 2 N–H and O–H groups in total. The highest BCUT2D eigenvalue weighted by molar-refractivity contribution is 7.80. The Bertz CT molecular complexity index is 835. The molecule has 0 amide bonds. The Hall–Kier alpha value is -2.87. The minimum absolute atomic E-state index is 0.0114. The first kappa shape index (κ1) is 20.4. The summed E-state index contributed by atoms with van der Waals surface area (Å²) in [5.74, 6) is 0.780. The molecule has 0 unspecified atom stereocenters. The van der Waals surface area contributed by atoms with Crippen molar-refractivity contribution in [1.29, 1.82) is 0 Å². The van der Waals surface area contributed by atoms with Crippen LogP contribution in [0.3, 0.4) is 0 Å². The predicted molar refractivity (Wildman–Crippen MR) is 110 cm³/mol. The standard InChI is InChI=1S/C19H23N3O4S/c1-12-7-13(2)9-15(8-12)21-19(27)20-6-5-14-10-17(25-3)18(26-4)11-16(14)22(23)24/h7-11H,5-6H2,1-4H3,(H2,20,21,27). The molecule has 0 radical (unpaired) electrons. The normalized spacial score (nSPS) is 10.2. The molecule has 2 aromatic rings. The smallest absolute Gasteiger partial charge is 0.276 e. The Morgan fingerprint density at radius 1 is 1.07 bits per heavy atom. The number of anilines is 1. The fourth-order valence-corrected chi connectivity index (χ4v) is 3.03. The molecule has 0 aliphatic heterocycles. The number of aryl methyl sites for hydroxylation is 2. The fourth-order valence-electron chi connectivity index (χ4n) is 2.81. The summed E-state index contributed by atoms with van der Waals surface area (Å²) in [7, 11) is 2.94. The number of hydrogen-bond acceptors (Lipinski definition) is 5. The van der Waals surface area contributed by atoms with Gasteiger partial charge in [-0.25, -0.2) is 0 Å². The third-order valence-corrected chi connectivity index (χ3v) is 4.19. The first-order valence-corrected chi connectivity index (χ1v) is 8.77. The van der Waals surface area contributed by atoms with Gasteiger partial charge in [-0.05, 0) is 61.8 Å². The number of nitro groups is 1. The van der Waals surface area contributed by atoms with E-state index in [-0.39, 0.29) is 5.69 Å². The molecule has 0 aliphatic carbocycles. The minimum Gasteiger partial charge on any atom is -0.493 e. The number of rotatable bonds is 7. The van der Waals surface area contributed by atoms with Gasteiger partial charge in [0.1, 0.15) is 0 Å². The zero-order valence-corrected chi connectivity index (χ0v) is 16.6. The van der Waals surface area contributed by atoms with Crippen LogP contribution in [0.15, 0.2) is 30.3 Å². The first-order valence-electron chi connectivity index (χ1n) is 8.36. The molecule has 2 rings (SSSR count). The molecule has 7 nitrogen and oxygen atoms in total. The van der Waals surface area contributed by atoms with Crippen molar-refractivity contribution in [3.63, 3.8) is 0 Å². The molecule has 0 saturated carbocycles. The summed E-state index contributed by atoms with van der Waals surface area (Å²) in [4.78, 5) is 10.9. The van der Waals surface area contributed by atoms with Gasteiger partial charge in [-0.1, -0.05) is 6.07 Å². The van der Waals surface area contributed by atoms with Gasteiger partial charge in [0.15, 0.2) is 16.6 Å². The van der Waals surface area contributed by atoms with Crippen LogP contribution in [0.1, 0.15) is 16.7 Å². The van der Waals surface area contributed by atoms with Crippen LogP contribution in [-0.2, 0) is 6.42 Å². The zero-order chi connectivity index (χ0) is 20.0. The molecule has 8 heteroatoms.